The lowest BCUT2D eigenvalue weighted by molar-refractivity contribution is 0.488. The Morgan fingerprint density at radius 1 is 1.20 bits per heavy atom. The van der Waals surface area contributed by atoms with Crippen LogP contribution in [-0.2, 0) is 6.42 Å². The zero-order chi connectivity index (χ0) is 14.0. The summed E-state index contributed by atoms with van der Waals surface area (Å²) in [7, 11) is 0. The van der Waals surface area contributed by atoms with E-state index in [-0.39, 0.29) is 0 Å². The fraction of sp³-hybridized carbons (Fsp3) is 0.588. The molecule has 0 aliphatic heterocycles. The van der Waals surface area contributed by atoms with Gasteiger partial charge < -0.3 is 11.1 Å². The lowest BCUT2D eigenvalue weighted by Gasteiger charge is -2.08. The fourth-order valence-corrected chi connectivity index (χ4v) is 2.91. The van der Waals surface area contributed by atoms with Crippen molar-refractivity contribution in [3.8, 4) is 0 Å². The third kappa shape index (κ3) is 5.64. The predicted molar refractivity (Wildman–Crippen MR) is 85.8 cm³/mol. The average Bonchev–Trinajstić information content (AvgIpc) is 2.98. The van der Waals surface area contributed by atoms with Gasteiger partial charge in [-0.05, 0) is 30.7 Å². The Kier molecular flexibility index (Phi) is 6.42. The van der Waals surface area contributed by atoms with Crippen LogP contribution in [-0.4, -0.2) is 19.0 Å². The predicted octanol–water partition coefficient (Wildman–Crippen LogP) is 3.10. The van der Waals surface area contributed by atoms with Gasteiger partial charge >= 0.3 is 0 Å². The molecule has 0 bridgehead atoms. The van der Waals surface area contributed by atoms with Gasteiger partial charge in [0.1, 0.15) is 0 Å². The standard InChI is InChI=1S/C17H27N3/c18-17(19-13-6-11-15-9-4-5-10-15)20-14-12-16-7-2-1-3-8-16/h1-3,7-8,15H,4-6,9-14H2,(H3,18,19,20). The molecule has 0 aromatic heterocycles. The summed E-state index contributed by atoms with van der Waals surface area (Å²) in [4.78, 5) is 4.40. The summed E-state index contributed by atoms with van der Waals surface area (Å²) in [5.41, 5.74) is 7.20. The number of guanidine groups is 1. The van der Waals surface area contributed by atoms with Crippen LogP contribution in [0.2, 0.25) is 0 Å². The molecule has 1 fully saturated rings. The zero-order valence-corrected chi connectivity index (χ0v) is 12.4. The second-order valence-electron chi connectivity index (χ2n) is 5.72. The molecule has 0 radical (unpaired) electrons. The number of benzene rings is 1. The minimum Gasteiger partial charge on any atom is -0.370 e. The molecule has 20 heavy (non-hydrogen) atoms. The van der Waals surface area contributed by atoms with Crippen molar-refractivity contribution in [1.82, 2.24) is 5.32 Å². The summed E-state index contributed by atoms with van der Waals surface area (Å²) in [6, 6.07) is 10.4. The molecule has 3 nitrogen and oxygen atoms in total. The van der Waals surface area contributed by atoms with E-state index in [0.717, 1.165) is 25.4 Å². The molecule has 0 saturated heterocycles. The molecule has 1 aliphatic rings. The highest BCUT2D eigenvalue weighted by Gasteiger charge is 2.13. The number of rotatable bonds is 7. The van der Waals surface area contributed by atoms with Gasteiger partial charge in [-0.3, -0.25) is 4.99 Å². The fourth-order valence-electron chi connectivity index (χ4n) is 2.91. The quantitative estimate of drug-likeness (QED) is 0.455. The number of nitrogens with zero attached hydrogens (tertiary/aromatic N) is 1. The van der Waals surface area contributed by atoms with E-state index in [9.17, 15) is 0 Å². The number of hydrogen-bond donors (Lipinski definition) is 2. The lowest BCUT2D eigenvalue weighted by Crippen LogP contribution is -2.33. The van der Waals surface area contributed by atoms with E-state index >= 15 is 0 Å². The van der Waals surface area contributed by atoms with Crippen molar-refractivity contribution in [2.75, 3.05) is 13.1 Å². The first-order chi connectivity index (χ1) is 9.84. The number of nitrogens with one attached hydrogen (secondary N) is 1. The van der Waals surface area contributed by atoms with Gasteiger partial charge in [-0.15, -0.1) is 0 Å². The smallest absolute Gasteiger partial charge is 0.188 e. The molecule has 0 amide bonds. The molecule has 110 valence electrons. The Bertz CT molecular complexity index is 394. The zero-order valence-electron chi connectivity index (χ0n) is 12.4. The van der Waals surface area contributed by atoms with Crippen molar-refractivity contribution in [3.05, 3.63) is 35.9 Å². The van der Waals surface area contributed by atoms with E-state index in [1.54, 1.807) is 0 Å². The van der Waals surface area contributed by atoms with Gasteiger partial charge in [0.05, 0.1) is 0 Å². The van der Waals surface area contributed by atoms with Crippen molar-refractivity contribution in [3.63, 3.8) is 0 Å². The van der Waals surface area contributed by atoms with Crippen LogP contribution >= 0.6 is 0 Å². The normalized spacial score (nSPS) is 16.5. The lowest BCUT2D eigenvalue weighted by atomic mass is 10.0. The van der Waals surface area contributed by atoms with Crippen LogP contribution in [0.5, 0.6) is 0 Å². The van der Waals surface area contributed by atoms with Crippen LogP contribution in [0.1, 0.15) is 44.1 Å². The van der Waals surface area contributed by atoms with Gasteiger partial charge in [0.25, 0.3) is 0 Å². The summed E-state index contributed by atoms with van der Waals surface area (Å²) >= 11 is 0. The monoisotopic (exact) mass is 273 g/mol. The van der Waals surface area contributed by atoms with Gasteiger partial charge in [0, 0.05) is 13.1 Å². The summed E-state index contributed by atoms with van der Waals surface area (Å²) in [6.45, 7) is 1.71. The van der Waals surface area contributed by atoms with Crippen LogP contribution in [0.25, 0.3) is 0 Å². The maximum Gasteiger partial charge on any atom is 0.188 e. The summed E-state index contributed by atoms with van der Waals surface area (Å²) < 4.78 is 0. The Labute approximate surface area is 122 Å². The molecular formula is C17H27N3. The second kappa shape index (κ2) is 8.62. The van der Waals surface area contributed by atoms with Crippen LogP contribution in [0, 0.1) is 5.92 Å². The number of aliphatic imine (C=N–C) groups is 1. The van der Waals surface area contributed by atoms with Crippen LogP contribution in [0.3, 0.4) is 0 Å². The Morgan fingerprint density at radius 2 is 1.95 bits per heavy atom. The van der Waals surface area contributed by atoms with E-state index in [1.165, 1.54) is 44.1 Å². The van der Waals surface area contributed by atoms with Crippen molar-refractivity contribution < 1.29 is 0 Å². The molecular weight excluding hydrogens is 246 g/mol. The van der Waals surface area contributed by atoms with Crippen LogP contribution in [0.15, 0.2) is 35.3 Å². The summed E-state index contributed by atoms with van der Waals surface area (Å²) in [6.07, 6.45) is 9.18. The van der Waals surface area contributed by atoms with E-state index < -0.39 is 0 Å². The third-order valence-corrected chi connectivity index (χ3v) is 4.09. The molecule has 2 rings (SSSR count). The van der Waals surface area contributed by atoms with Gasteiger partial charge in [-0.25, -0.2) is 0 Å². The second-order valence-corrected chi connectivity index (χ2v) is 5.72. The molecule has 0 unspecified atom stereocenters. The average molecular weight is 273 g/mol. The molecule has 1 aromatic rings. The minimum atomic E-state index is 0.590. The Balaban J connectivity index is 1.54. The van der Waals surface area contributed by atoms with Crippen molar-refractivity contribution >= 4 is 5.96 Å². The number of hydrogen-bond acceptors (Lipinski definition) is 1. The molecule has 1 aromatic carbocycles. The first-order valence-corrected chi connectivity index (χ1v) is 7.92. The topological polar surface area (TPSA) is 50.4 Å². The van der Waals surface area contributed by atoms with Crippen molar-refractivity contribution in [2.24, 2.45) is 16.6 Å². The Hall–Kier alpha value is -1.51. The molecule has 3 N–H and O–H groups in total. The van der Waals surface area contributed by atoms with Gasteiger partial charge in [0.15, 0.2) is 5.96 Å². The molecule has 0 spiro atoms. The first-order valence-electron chi connectivity index (χ1n) is 7.92. The third-order valence-electron chi connectivity index (χ3n) is 4.09. The molecule has 0 atom stereocenters. The highest BCUT2D eigenvalue weighted by molar-refractivity contribution is 5.77. The molecule has 0 heterocycles. The van der Waals surface area contributed by atoms with Gasteiger partial charge in [-0.1, -0.05) is 56.0 Å². The van der Waals surface area contributed by atoms with Gasteiger partial charge in [0.2, 0.25) is 0 Å². The molecule has 3 heteroatoms. The van der Waals surface area contributed by atoms with Crippen molar-refractivity contribution in [2.45, 2.75) is 44.9 Å². The van der Waals surface area contributed by atoms with E-state index in [2.05, 4.69) is 34.6 Å². The molecule has 1 aliphatic carbocycles. The summed E-state index contributed by atoms with van der Waals surface area (Å²) in [5, 5.41) is 3.19. The van der Waals surface area contributed by atoms with Crippen LogP contribution < -0.4 is 11.1 Å². The highest BCUT2D eigenvalue weighted by atomic mass is 15.1. The Morgan fingerprint density at radius 3 is 2.70 bits per heavy atom. The first kappa shape index (κ1) is 14.9. The van der Waals surface area contributed by atoms with Crippen molar-refractivity contribution in [1.29, 1.82) is 0 Å². The van der Waals surface area contributed by atoms with Gasteiger partial charge in [-0.2, -0.15) is 0 Å². The summed E-state index contributed by atoms with van der Waals surface area (Å²) in [5.74, 6) is 1.55. The SMILES string of the molecule is NC(=NCCCC1CCCC1)NCCc1ccccc1. The van der Waals surface area contributed by atoms with E-state index in [4.69, 9.17) is 5.73 Å². The highest BCUT2D eigenvalue weighted by Crippen LogP contribution is 2.28. The molecule has 1 saturated carbocycles. The van der Waals surface area contributed by atoms with Crippen LogP contribution in [0.4, 0.5) is 0 Å². The largest absolute Gasteiger partial charge is 0.370 e. The van der Waals surface area contributed by atoms with E-state index in [1.807, 2.05) is 6.07 Å². The maximum absolute atomic E-state index is 5.87. The van der Waals surface area contributed by atoms with E-state index in [0.29, 0.717) is 5.96 Å². The minimum absolute atomic E-state index is 0.590. The number of nitrogens with two attached hydrogens (primary N) is 1. The maximum atomic E-state index is 5.87.